The molecule has 0 radical (unpaired) electrons. The predicted octanol–water partition coefficient (Wildman–Crippen LogP) is 5.10. The lowest BCUT2D eigenvalue weighted by Crippen LogP contribution is -2.32. The summed E-state index contributed by atoms with van der Waals surface area (Å²) in [6, 6.07) is 9.29. The normalized spacial score (nSPS) is 16.5. The van der Waals surface area contributed by atoms with Gasteiger partial charge in [0.1, 0.15) is 0 Å². The number of benzene rings is 1. The second kappa shape index (κ2) is 8.33. The van der Waals surface area contributed by atoms with Crippen LogP contribution in [0.15, 0.2) is 33.6 Å². The van der Waals surface area contributed by atoms with Crippen LogP contribution in [0.2, 0.25) is 0 Å². The second-order valence-corrected chi connectivity index (χ2v) is 7.45. The Kier molecular flexibility index (Phi) is 6.75. The van der Waals surface area contributed by atoms with Gasteiger partial charge in [0.2, 0.25) is 0 Å². The summed E-state index contributed by atoms with van der Waals surface area (Å²) in [4.78, 5) is 1.36. The third kappa shape index (κ3) is 6.33. The molecule has 0 aliphatic heterocycles. The topological polar surface area (TPSA) is 12.0 Å². The molecule has 19 heavy (non-hydrogen) atoms. The van der Waals surface area contributed by atoms with Crippen molar-refractivity contribution in [1.29, 1.82) is 0 Å². The largest absolute Gasteiger partial charge is 0.313 e. The van der Waals surface area contributed by atoms with Crippen molar-refractivity contribution in [2.75, 3.05) is 12.3 Å². The first-order chi connectivity index (χ1) is 9.28. The van der Waals surface area contributed by atoms with Crippen LogP contribution in [-0.4, -0.2) is 18.3 Å². The lowest BCUT2D eigenvalue weighted by Gasteiger charge is -2.18. The molecule has 0 bridgehead atoms. The van der Waals surface area contributed by atoms with Gasteiger partial charge in [-0.3, -0.25) is 0 Å². The van der Waals surface area contributed by atoms with E-state index in [1.165, 1.54) is 47.2 Å². The number of nitrogens with one attached hydrogen (secondary N) is 1. The Morgan fingerprint density at radius 2 is 2.26 bits per heavy atom. The molecule has 1 saturated carbocycles. The third-order valence-electron chi connectivity index (χ3n) is 3.55. The maximum absolute atomic E-state index is 3.70. The predicted molar refractivity (Wildman–Crippen MR) is 88.9 cm³/mol. The van der Waals surface area contributed by atoms with Crippen molar-refractivity contribution in [3.05, 3.63) is 28.7 Å². The van der Waals surface area contributed by atoms with Crippen molar-refractivity contribution in [1.82, 2.24) is 5.32 Å². The Bertz CT molecular complexity index is 379. The molecule has 1 N–H and O–H groups in total. The first-order valence-electron chi connectivity index (χ1n) is 7.39. The minimum atomic E-state index is 0.671. The molecule has 2 rings (SSSR count). The van der Waals surface area contributed by atoms with Crippen molar-refractivity contribution < 1.29 is 0 Å². The van der Waals surface area contributed by atoms with E-state index in [-0.39, 0.29) is 0 Å². The zero-order valence-corrected chi connectivity index (χ0v) is 14.1. The van der Waals surface area contributed by atoms with Gasteiger partial charge in [0.25, 0.3) is 0 Å². The molecule has 1 unspecified atom stereocenters. The molecule has 1 aromatic carbocycles. The van der Waals surface area contributed by atoms with Gasteiger partial charge in [-0.15, -0.1) is 11.8 Å². The Morgan fingerprint density at radius 1 is 1.42 bits per heavy atom. The first-order valence-corrected chi connectivity index (χ1v) is 9.17. The molecule has 1 aliphatic rings. The van der Waals surface area contributed by atoms with Gasteiger partial charge in [-0.1, -0.05) is 41.8 Å². The second-order valence-electron chi connectivity index (χ2n) is 5.44. The van der Waals surface area contributed by atoms with Crippen LogP contribution in [0.3, 0.4) is 0 Å². The minimum Gasteiger partial charge on any atom is -0.313 e. The summed E-state index contributed by atoms with van der Waals surface area (Å²) in [6.45, 7) is 3.39. The summed E-state index contributed by atoms with van der Waals surface area (Å²) in [6.07, 6.45) is 6.92. The molecule has 1 fully saturated rings. The van der Waals surface area contributed by atoms with Crippen LogP contribution in [0.5, 0.6) is 0 Å². The van der Waals surface area contributed by atoms with Crippen LogP contribution in [0.4, 0.5) is 0 Å². The van der Waals surface area contributed by atoms with Crippen molar-refractivity contribution in [3.8, 4) is 0 Å². The van der Waals surface area contributed by atoms with Crippen LogP contribution < -0.4 is 5.32 Å². The lowest BCUT2D eigenvalue weighted by atomic mass is 10.1. The van der Waals surface area contributed by atoms with Gasteiger partial charge >= 0.3 is 0 Å². The van der Waals surface area contributed by atoms with Gasteiger partial charge in [0.15, 0.2) is 0 Å². The molecule has 3 heteroatoms. The lowest BCUT2D eigenvalue weighted by molar-refractivity contribution is 0.489. The molecule has 0 heterocycles. The minimum absolute atomic E-state index is 0.671. The fraction of sp³-hybridized carbons (Fsp3) is 0.625. The van der Waals surface area contributed by atoms with E-state index >= 15 is 0 Å². The van der Waals surface area contributed by atoms with E-state index in [1.807, 2.05) is 11.8 Å². The molecule has 1 nitrogen and oxygen atoms in total. The Hall–Kier alpha value is 0.01000. The standard InChI is InChI=1S/C16H24BrNS/c1-2-10-18-15(9-8-13-6-7-13)12-19-16-5-3-4-14(17)11-16/h3-5,11,13,15,18H,2,6-10,12H2,1H3. The summed E-state index contributed by atoms with van der Waals surface area (Å²) < 4.78 is 1.17. The molecular weight excluding hydrogens is 318 g/mol. The highest BCUT2D eigenvalue weighted by molar-refractivity contribution is 9.10. The quantitative estimate of drug-likeness (QED) is 0.627. The van der Waals surface area contributed by atoms with Crippen molar-refractivity contribution >= 4 is 27.7 Å². The monoisotopic (exact) mass is 341 g/mol. The fourth-order valence-electron chi connectivity index (χ4n) is 2.19. The molecule has 0 aromatic heterocycles. The summed E-state index contributed by atoms with van der Waals surface area (Å²) in [7, 11) is 0. The molecule has 0 spiro atoms. The fourth-order valence-corrected chi connectivity index (χ4v) is 3.80. The van der Waals surface area contributed by atoms with Gasteiger partial charge < -0.3 is 5.32 Å². The molecule has 1 aliphatic carbocycles. The number of hydrogen-bond acceptors (Lipinski definition) is 2. The van der Waals surface area contributed by atoms with E-state index in [0.717, 1.165) is 12.5 Å². The number of halogens is 1. The van der Waals surface area contributed by atoms with Crippen molar-refractivity contribution in [2.45, 2.75) is 50.0 Å². The molecular formula is C16H24BrNS. The first kappa shape index (κ1) is 15.4. The van der Waals surface area contributed by atoms with Crippen LogP contribution in [0, 0.1) is 5.92 Å². The number of hydrogen-bond donors (Lipinski definition) is 1. The van der Waals surface area contributed by atoms with Crippen LogP contribution in [0.25, 0.3) is 0 Å². The third-order valence-corrected chi connectivity index (χ3v) is 5.20. The summed E-state index contributed by atoms with van der Waals surface area (Å²) >= 11 is 5.51. The highest BCUT2D eigenvalue weighted by Crippen LogP contribution is 2.34. The molecule has 0 amide bonds. The van der Waals surface area contributed by atoms with Crippen LogP contribution >= 0.6 is 27.7 Å². The van der Waals surface area contributed by atoms with Crippen molar-refractivity contribution in [2.24, 2.45) is 5.92 Å². The van der Waals surface area contributed by atoms with E-state index in [0.29, 0.717) is 6.04 Å². The smallest absolute Gasteiger partial charge is 0.0186 e. The average Bonchev–Trinajstić information content (AvgIpc) is 3.22. The van der Waals surface area contributed by atoms with Gasteiger partial charge in [-0.05, 0) is 49.9 Å². The van der Waals surface area contributed by atoms with E-state index in [1.54, 1.807) is 0 Å². The van der Waals surface area contributed by atoms with E-state index in [2.05, 4.69) is 52.4 Å². The highest BCUT2D eigenvalue weighted by atomic mass is 79.9. The maximum Gasteiger partial charge on any atom is 0.0186 e. The molecule has 106 valence electrons. The molecule has 0 saturated heterocycles. The van der Waals surface area contributed by atoms with E-state index < -0.39 is 0 Å². The zero-order chi connectivity index (χ0) is 13.5. The molecule has 1 atom stereocenters. The maximum atomic E-state index is 3.70. The van der Waals surface area contributed by atoms with Gasteiger partial charge in [-0.25, -0.2) is 0 Å². The van der Waals surface area contributed by atoms with Gasteiger partial charge in [0, 0.05) is 21.2 Å². The van der Waals surface area contributed by atoms with Gasteiger partial charge in [0.05, 0.1) is 0 Å². The van der Waals surface area contributed by atoms with Crippen LogP contribution in [0.1, 0.15) is 39.0 Å². The summed E-state index contributed by atoms with van der Waals surface area (Å²) in [5, 5.41) is 3.70. The highest BCUT2D eigenvalue weighted by Gasteiger charge is 2.22. The number of rotatable bonds is 9. The Morgan fingerprint density at radius 3 is 2.95 bits per heavy atom. The Balaban J connectivity index is 1.76. The summed E-state index contributed by atoms with van der Waals surface area (Å²) in [5.41, 5.74) is 0. The van der Waals surface area contributed by atoms with Crippen molar-refractivity contribution in [3.63, 3.8) is 0 Å². The van der Waals surface area contributed by atoms with E-state index in [9.17, 15) is 0 Å². The number of thioether (sulfide) groups is 1. The zero-order valence-electron chi connectivity index (χ0n) is 11.7. The van der Waals surface area contributed by atoms with Crippen LogP contribution in [-0.2, 0) is 0 Å². The average molecular weight is 342 g/mol. The Labute approximate surface area is 130 Å². The SMILES string of the molecule is CCCNC(CCC1CC1)CSc1cccc(Br)c1. The summed E-state index contributed by atoms with van der Waals surface area (Å²) in [5.74, 6) is 2.23. The molecule has 1 aromatic rings. The van der Waals surface area contributed by atoms with Gasteiger partial charge in [-0.2, -0.15) is 0 Å². The van der Waals surface area contributed by atoms with E-state index in [4.69, 9.17) is 0 Å².